The maximum atomic E-state index is 14.2. The van der Waals surface area contributed by atoms with Gasteiger partial charge in [-0.1, -0.05) is 0 Å². The lowest BCUT2D eigenvalue weighted by molar-refractivity contribution is -0.278. The third-order valence-electron chi connectivity index (χ3n) is 7.10. The molecule has 5 amide bonds. The molecule has 4 atom stereocenters. The molecule has 0 spiro atoms. The molecule has 2 rings (SSSR count). The van der Waals surface area contributed by atoms with Crippen molar-refractivity contribution in [3.63, 3.8) is 0 Å². The fourth-order valence-electron chi connectivity index (χ4n) is 4.27. The third-order valence-corrected chi connectivity index (χ3v) is 7.10. The Labute approximate surface area is 290 Å². The summed E-state index contributed by atoms with van der Waals surface area (Å²) in [5.74, 6) is -13.7. The van der Waals surface area contributed by atoms with Gasteiger partial charge in [0, 0.05) is 19.4 Å². The lowest BCUT2D eigenvalue weighted by Crippen LogP contribution is -2.63. The van der Waals surface area contributed by atoms with E-state index in [4.69, 9.17) is 19.3 Å². The number of halogens is 6. The van der Waals surface area contributed by atoms with Gasteiger partial charge in [-0.05, 0) is 32.4 Å². The molecule has 290 valence electrons. The number of carboxylic acid groups (broad SMARTS) is 1. The van der Waals surface area contributed by atoms with E-state index in [-0.39, 0.29) is 30.8 Å². The molecule has 23 heteroatoms. The number of benzene rings is 1. The molecule has 1 aliphatic heterocycles. The lowest BCUT2D eigenvalue weighted by atomic mass is 10.0. The predicted molar refractivity (Wildman–Crippen MR) is 160 cm³/mol. The van der Waals surface area contributed by atoms with Crippen LogP contribution in [0.3, 0.4) is 0 Å². The number of aliphatic hydroxyl groups is 1. The van der Waals surface area contributed by atoms with Crippen LogP contribution in [0.2, 0.25) is 0 Å². The number of carboxylic acids is 1. The fraction of sp³-hybridized carbons (Fsp3) is 0.552. The number of ether oxygens (including phenoxy) is 3. The number of nitrogens with one attached hydrogen (secondary N) is 4. The number of aliphatic carboxylic acids is 1. The standard InChI is InChI=1S/C29H35F6N5O12/c1-14-21(39-25(47)27(3,49)24(46)37-13-28(31,32)29(33,34)35)22(43)40(18-12-16(30)4-6-19(18)52-14)9-11-51-26(48)50-10-8-36-20(42)7-5-17(23(44)45)38-15(2)41/h4,6,12,14,17,21,49H,5,7-11,13H2,1-3H3,(H,36,42)(H,37,46)(H,38,41)(H,39,47)(H,44,45)/t14-,17?,21+,27+/m1/s1. The molecular formula is C29H35F6N5O12. The summed E-state index contributed by atoms with van der Waals surface area (Å²) in [5.41, 5.74) is -3.52. The summed E-state index contributed by atoms with van der Waals surface area (Å²) in [4.78, 5) is 85.8. The minimum Gasteiger partial charge on any atom is -0.486 e. The average Bonchev–Trinajstić information content (AvgIpc) is 3.12. The first-order valence-electron chi connectivity index (χ1n) is 15.1. The summed E-state index contributed by atoms with van der Waals surface area (Å²) in [6, 6.07) is -0.182. The molecule has 52 heavy (non-hydrogen) atoms. The molecule has 1 unspecified atom stereocenters. The van der Waals surface area contributed by atoms with Crippen LogP contribution < -0.4 is 30.9 Å². The molecule has 0 saturated carbocycles. The average molecular weight is 760 g/mol. The first-order chi connectivity index (χ1) is 24.0. The Balaban J connectivity index is 2.02. The molecule has 0 bridgehead atoms. The molecule has 1 heterocycles. The Hall–Kier alpha value is -5.35. The van der Waals surface area contributed by atoms with E-state index in [0.29, 0.717) is 6.92 Å². The van der Waals surface area contributed by atoms with Gasteiger partial charge < -0.3 is 50.6 Å². The number of carbonyl (C=O) groups excluding carboxylic acids is 6. The summed E-state index contributed by atoms with van der Waals surface area (Å²) in [6.45, 7) is -1.34. The minimum atomic E-state index is -6.06. The number of hydrogen-bond donors (Lipinski definition) is 6. The van der Waals surface area contributed by atoms with Crippen LogP contribution in [0.1, 0.15) is 33.6 Å². The second kappa shape index (κ2) is 17.7. The van der Waals surface area contributed by atoms with E-state index in [1.54, 1.807) is 0 Å². The second-order valence-electron chi connectivity index (χ2n) is 11.3. The van der Waals surface area contributed by atoms with Crippen molar-refractivity contribution >= 4 is 47.3 Å². The molecule has 0 aromatic heterocycles. The van der Waals surface area contributed by atoms with E-state index >= 15 is 0 Å². The molecule has 17 nitrogen and oxygen atoms in total. The van der Waals surface area contributed by atoms with Gasteiger partial charge in [0.25, 0.3) is 17.7 Å². The van der Waals surface area contributed by atoms with Crippen LogP contribution in [0.5, 0.6) is 5.75 Å². The smallest absolute Gasteiger partial charge is 0.486 e. The maximum Gasteiger partial charge on any atom is 0.508 e. The van der Waals surface area contributed by atoms with Crippen LogP contribution in [0.4, 0.5) is 36.8 Å². The normalized spacial score (nSPS) is 17.6. The van der Waals surface area contributed by atoms with Gasteiger partial charge in [-0.15, -0.1) is 0 Å². The zero-order valence-electron chi connectivity index (χ0n) is 27.6. The number of amides is 5. The van der Waals surface area contributed by atoms with Gasteiger partial charge >= 0.3 is 24.2 Å². The van der Waals surface area contributed by atoms with Crippen molar-refractivity contribution in [3.8, 4) is 5.75 Å². The Kier molecular flexibility index (Phi) is 14.6. The number of anilines is 1. The Bertz CT molecular complexity index is 1530. The van der Waals surface area contributed by atoms with Crippen molar-refractivity contribution in [2.24, 2.45) is 0 Å². The number of rotatable bonds is 16. The van der Waals surface area contributed by atoms with E-state index in [1.165, 1.54) is 6.92 Å². The van der Waals surface area contributed by atoms with Crippen LogP contribution in [-0.4, -0.2) is 121 Å². The molecule has 6 N–H and O–H groups in total. The van der Waals surface area contributed by atoms with Gasteiger partial charge in [0.05, 0.1) is 25.3 Å². The van der Waals surface area contributed by atoms with Crippen molar-refractivity contribution in [2.45, 2.75) is 69.5 Å². The summed E-state index contributed by atoms with van der Waals surface area (Å²) in [5, 5.41) is 27.1. The molecule has 0 fully saturated rings. The topological polar surface area (TPSA) is 239 Å². The van der Waals surface area contributed by atoms with E-state index in [0.717, 1.165) is 35.3 Å². The molecule has 0 saturated heterocycles. The number of fused-ring (bicyclic) bond motifs is 1. The van der Waals surface area contributed by atoms with E-state index in [9.17, 15) is 65.0 Å². The number of nitrogens with zero attached hydrogens (tertiary/aromatic N) is 1. The van der Waals surface area contributed by atoms with Gasteiger partial charge in [0.2, 0.25) is 17.4 Å². The Morgan fingerprint density at radius 1 is 1.02 bits per heavy atom. The van der Waals surface area contributed by atoms with Gasteiger partial charge in [-0.25, -0.2) is 14.0 Å². The summed E-state index contributed by atoms with van der Waals surface area (Å²) < 4.78 is 93.5. The van der Waals surface area contributed by atoms with Crippen LogP contribution in [0.25, 0.3) is 0 Å². The minimum absolute atomic E-state index is 0.122. The highest BCUT2D eigenvalue weighted by molar-refractivity contribution is 6.10. The highest BCUT2D eigenvalue weighted by atomic mass is 19.4. The SMILES string of the molecule is CC(=O)NC(CCC(=O)NCCOC(=O)OCCN1C(=O)[C@@H](NC(=O)[C@@](C)(O)C(=O)NCC(F)(F)C(F)(F)F)[C@@H](C)Oc2ccc(F)cc21)C(=O)O. The summed E-state index contributed by atoms with van der Waals surface area (Å²) in [6.07, 6.45) is -9.19. The van der Waals surface area contributed by atoms with Gasteiger partial charge in [0.15, 0.2) is 0 Å². The highest BCUT2D eigenvalue weighted by Crippen LogP contribution is 2.35. The fourth-order valence-corrected chi connectivity index (χ4v) is 4.27. The first kappa shape index (κ1) is 42.8. The highest BCUT2D eigenvalue weighted by Gasteiger charge is 2.58. The monoisotopic (exact) mass is 759 g/mol. The molecule has 0 aliphatic carbocycles. The van der Waals surface area contributed by atoms with E-state index < -0.39 is 110 Å². The van der Waals surface area contributed by atoms with Gasteiger partial charge in [-0.3, -0.25) is 24.0 Å². The lowest BCUT2D eigenvalue weighted by Gasteiger charge is -2.29. The van der Waals surface area contributed by atoms with Gasteiger partial charge in [-0.2, -0.15) is 22.0 Å². The van der Waals surface area contributed by atoms with Crippen LogP contribution in [0.15, 0.2) is 18.2 Å². The second-order valence-corrected chi connectivity index (χ2v) is 11.3. The predicted octanol–water partition coefficient (Wildman–Crippen LogP) is 0.128. The molecule has 1 aromatic rings. The quantitative estimate of drug-likeness (QED) is 0.0571. The third kappa shape index (κ3) is 11.9. The van der Waals surface area contributed by atoms with Crippen molar-refractivity contribution in [2.75, 3.05) is 37.7 Å². The van der Waals surface area contributed by atoms with E-state index in [1.807, 2.05) is 5.32 Å². The molecule has 1 aromatic carbocycles. The van der Waals surface area contributed by atoms with Crippen LogP contribution in [0, 0.1) is 5.82 Å². The summed E-state index contributed by atoms with van der Waals surface area (Å²) >= 11 is 0. The molecule has 1 aliphatic rings. The van der Waals surface area contributed by atoms with Crippen molar-refractivity contribution in [1.82, 2.24) is 21.3 Å². The summed E-state index contributed by atoms with van der Waals surface area (Å²) in [7, 11) is 0. The molecular weight excluding hydrogens is 724 g/mol. The van der Waals surface area contributed by atoms with Crippen LogP contribution >= 0.6 is 0 Å². The van der Waals surface area contributed by atoms with Crippen molar-refractivity contribution in [1.29, 1.82) is 0 Å². The van der Waals surface area contributed by atoms with E-state index in [2.05, 4.69) is 10.6 Å². The zero-order valence-corrected chi connectivity index (χ0v) is 27.6. The Morgan fingerprint density at radius 2 is 1.65 bits per heavy atom. The zero-order chi connectivity index (χ0) is 39.6. The van der Waals surface area contributed by atoms with Crippen molar-refractivity contribution in [3.05, 3.63) is 24.0 Å². The number of carbonyl (C=O) groups is 7. The maximum absolute atomic E-state index is 14.2. The largest absolute Gasteiger partial charge is 0.508 e. The van der Waals surface area contributed by atoms with Crippen molar-refractivity contribution < 1.29 is 84.3 Å². The molecule has 0 radical (unpaired) electrons. The van der Waals surface area contributed by atoms with Crippen LogP contribution in [-0.2, 0) is 38.2 Å². The number of alkyl halides is 5. The number of hydrogen-bond acceptors (Lipinski definition) is 11. The first-order valence-corrected chi connectivity index (χ1v) is 15.1. The Morgan fingerprint density at radius 3 is 2.25 bits per heavy atom. The van der Waals surface area contributed by atoms with Gasteiger partial charge in [0.1, 0.15) is 43.0 Å².